The highest BCUT2D eigenvalue weighted by molar-refractivity contribution is 5.80. The second-order valence-electron chi connectivity index (χ2n) is 4.53. The Bertz CT molecular complexity index is 454. The molecule has 0 aromatic carbocycles. The lowest BCUT2D eigenvalue weighted by Gasteiger charge is -2.22. The van der Waals surface area contributed by atoms with Crippen LogP contribution in [0.5, 0.6) is 0 Å². The lowest BCUT2D eigenvalue weighted by molar-refractivity contribution is -0.140. The second-order valence-corrected chi connectivity index (χ2v) is 4.53. The molecule has 0 atom stereocenters. The Balaban J connectivity index is 2.62. The lowest BCUT2D eigenvalue weighted by Crippen LogP contribution is -2.39. The van der Waals surface area contributed by atoms with Crippen LogP contribution in [0.3, 0.4) is 0 Å². The first-order valence-corrected chi connectivity index (χ1v) is 6.75. The molecule has 0 saturated heterocycles. The molecule has 1 rings (SSSR count). The average molecular weight is 280 g/mol. The molecule has 0 aliphatic heterocycles. The predicted octanol–water partition coefficient (Wildman–Crippen LogP) is 0.985. The molecule has 1 aromatic heterocycles. The zero-order chi connectivity index (χ0) is 15.0. The van der Waals surface area contributed by atoms with Crippen LogP contribution < -0.4 is 5.32 Å². The molecule has 1 N–H and O–H groups in total. The van der Waals surface area contributed by atoms with Crippen molar-refractivity contribution in [2.75, 3.05) is 27.2 Å². The molecule has 112 valence electrons. The maximum atomic E-state index is 11.1. The Morgan fingerprint density at radius 1 is 1.55 bits per heavy atom. The number of nitrogens with one attached hydrogen (secondary N) is 1. The molecular weight excluding hydrogens is 256 g/mol. The van der Waals surface area contributed by atoms with Crippen molar-refractivity contribution < 1.29 is 9.53 Å². The van der Waals surface area contributed by atoms with Crippen LogP contribution in [-0.2, 0) is 23.1 Å². The number of carbonyl (C=O) groups is 1. The first-order chi connectivity index (χ1) is 9.58. The van der Waals surface area contributed by atoms with Crippen molar-refractivity contribution in [3.05, 3.63) is 24.0 Å². The predicted molar refractivity (Wildman–Crippen MR) is 79.5 cm³/mol. The number of hydrogen-bond donors (Lipinski definition) is 1. The van der Waals surface area contributed by atoms with E-state index in [4.69, 9.17) is 0 Å². The van der Waals surface area contributed by atoms with Gasteiger partial charge in [0.05, 0.1) is 26.6 Å². The number of aromatic nitrogens is 1. The summed E-state index contributed by atoms with van der Waals surface area (Å²) in [7, 11) is 5.38. The number of guanidine groups is 1. The molecule has 20 heavy (non-hydrogen) atoms. The molecular formula is C14H24N4O2. The topological polar surface area (TPSA) is 58.9 Å². The van der Waals surface area contributed by atoms with E-state index < -0.39 is 0 Å². The summed E-state index contributed by atoms with van der Waals surface area (Å²) in [5, 5.41) is 3.22. The minimum absolute atomic E-state index is 0.241. The Labute approximate surface area is 120 Å². The Morgan fingerprint density at radius 2 is 2.30 bits per heavy atom. The van der Waals surface area contributed by atoms with Gasteiger partial charge in [0, 0.05) is 32.5 Å². The summed E-state index contributed by atoms with van der Waals surface area (Å²) in [6, 6.07) is 4.10. The number of aryl methyl sites for hydroxylation is 1. The number of nitrogens with zero attached hydrogens (tertiary/aromatic N) is 3. The second kappa shape index (κ2) is 8.24. The van der Waals surface area contributed by atoms with Gasteiger partial charge in [-0.05, 0) is 19.1 Å². The molecule has 0 fully saturated rings. The molecule has 0 aliphatic carbocycles. The van der Waals surface area contributed by atoms with Gasteiger partial charge in [0.15, 0.2) is 5.96 Å². The van der Waals surface area contributed by atoms with Gasteiger partial charge in [-0.2, -0.15) is 0 Å². The molecule has 0 aliphatic rings. The van der Waals surface area contributed by atoms with Crippen molar-refractivity contribution in [2.24, 2.45) is 12.0 Å². The van der Waals surface area contributed by atoms with E-state index in [0.717, 1.165) is 19.0 Å². The van der Waals surface area contributed by atoms with Gasteiger partial charge in [0.25, 0.3) is 0 Å². The van der Waals surface area contributed by atoms with Gasteiger partial charge in [0.1, 0.15) is 0 Å². The first-order valence-electron chi connectivity index (χ1n) is 6.75. The van der Waals surface area contributed by atoms with Gasteiger partial charge in [-0.1, -0.05) is 0 Å². The molecule has 0 amide bonds. The Hall–Kier alpha value is -1.98. The summed E-state index contributed by atoms with van der Waals surface area (Å²) in [5.41, 5.74) is 1.20. The van der Waals surface area contributed by atoms with Gasteiger partial charge < -0.3 is 19.5 Å². The number of esters is 1. The van der Waals surface area contributed by atoms with Crippen molar-refractivity contribution in [1.29, 1.82) is 0 Å². The minimum atomic E-state index is -0.241. The fourth-order valence-electron chi connectivity index (χ4n) is 1.80. The Morgan fingerprint density at radius 3 is 2.85 bits per heavy atom. The monoisotopic (exact) mass is 280 g/mol. The van der Waals surface area contributed by atoms with E-state index in [1.165, 1.54) is 12.8 Å². The highest BCUT2D eigenvalue weighted by atomic mass is 16.5. The van der Waals surface area contributed by atoms with Gasteiger partial charge >= 0.3 is 5.97 Å². The summed E-state index contributed by atoms with van der Waals surface area (Å²) in [6.45, 7) is 3.99. The SMILES string of the molecule is CCNC(=NCCC(=O)OC)N(C)Cc1cccn1C. The fourth-order valence-corrected chi connectivity index (χ4v) is 1.80. The van der Waals surface area contributed by atoms with Crippen LogP contribution in [-0.4, -0.2) is 48.6 Å². The van der Waals surface area contributed by atoms with Gasteiger partial charge in [0.2, 0.25) is 0 Å². The summed E-state index contributed by atoms with van der Waals surface area (Å²) in [4.78, 5) is 17.6. The summed E-state index contributed by atoms with van der Waals surface area (Å²) < 4.78 is 6.69. The Kier molecular flexibility index (Phi) is 6.63. The number of ether oxygens (including phenoxy) is 1. The fraction of sp³-hybridized carbons (Fsp3) is 0.571. The van der Waals surface area contributed by atoms with Gasteiger partial charge in [-0.3, -0.25) is 9.79 Å². The third-order valence-corrected chi connectivity index (χ3v) is 2.95. The third-order valence-electron chi connectivity index (χ3n) is 2.95. The van der Waals surface area contributed by atoms with Gasteiger partial charge in [-0.25, -0.2) is 0 Å². The molecule has 0 saturated carbocycles. The zero-order valence-corrected chi connectivity index (χ0v) is 12.7. The van der Waals surface area contributed by atoms with Crippen LogP contribution in [0.25, 0.3) is 0 Å². The molecule has 6 heteroatoms. The quantitative estimate of drug-likeness (QED) is 0.479. The molecule has 0 spiro atoms. The summed E-state index contributed by atoms with van der Waals surface area (Å²) in [5.74, 6) is 0.548. The lowest BCUT2D eigenvalue weighted by atomic mass is 10.4. The zero-order valence-electron chi connectivity index (χ0n) is 12.7. The van der Waals surface area contributed by atoms with E-state index in [1.54, 1.807) is 0 Å². The van der Waals surface area contributed by atoms with E-state index in [9.17, 15) is 4.79 Å². The van der Waals surface area contributed by atoms with Crippen molar-refractivity contribution in [1.82, 2.24) is 14.8 Å². The van der Waals surface area contributed by atoms with Crippen LogP contribution in [0.1, 0.15) is 19.0 Å². The number of aliphatic imine (C=N–C) groups is 1. The number of hydrogen-bond acceptors (Lipinski definition) is 3. The molecule has 0 bridgehead atoms. The number of rotatable bonds is 6. The summed E-state index contributed by atoms with van der Waals surface area (Å²) >= 11 is 0. The van der Waals surface area contributed by atoms with E-state index in [1.807, 2.05) is 38.2 Å². The molecule has 0 unspecified atom stereocenters. The number of methoxy groups -OCH3 is 1. The third kappa shape index (κ3) is 4.95. The van der Waals surface area contributed by atoms with Crippen molar-refractivity contribution in [3.63, 3.8) is 0 Å². The van der Waals surface area contributed by atoms with Gasteiger partial charge in [-0.15, -0.1) is 0 Å². The maximum Gasteiger partial charge on any atom is 0.307 e. The van der Waals surface area contributed by atoms with E-state index >= 15 is 0 Å². The minimum Gasteiger partial charge on any atom is -0.469 e. The van der Waals surface area contributed by atoms with Crippen molar-refractivity contribution in [3.8, 4) is 0 Å². The normalized spacial score (nSPS) is 11.3. The van der Waals surface area contributed by atoms with Crippen LogP contribution in [0.15, 0.2) is 23.3 Å². The smallest absolute Gasteiger partial charge is 0.307 e. The highest BCUT2D eigenvalue weighted by Gasteiger charge is 2.08. The summed E-state index contributed by atoms with van der Waals surface area (Å²) in [6.07, 6.45) is 2.31. The standard InChI is InChI=1S/C14H24N4O2/c1-5-15-14(16-9-8-13(19)20-4)18(3)11-12-7-6-10-17(12)2/h6-7,10H,5,8-9,11H2,1-4H3,(H,15,16). The largest absolute Gasteiger partial charge is 0.469 e. The van der Waals surface area contributed by atoms with E-state index in [-0.39, 0.29) is 5.97 Å². The van der Waals surface area contributed by atoms with Crippen LogP contribution in [0.2, 0.25) is 0 Å². The number of carbonyl (C=O) groups excluding carboxylic acids is 1. The molecule has 0 radical (unpaired) electrons. The van der Waals surface area contributed by atoms with Crippen LogP contribution in [0, 0.1) is 0 Å². The van der Waals surface area contributed by atoms with Crippen LogP contribution >= 0.6 is 0 Å². The maximum absolute atomic E-state index is 11.1. The average Bonchev–Trinajstić information content (AvgIpc) is 2.83. The van der Waals surface area contributed by atoms with Crippen LogP contribution in [0.4, 0.5) is 0 Å². The highest BCUT2D eigenvalue weighted by Crippen LogP contribution is 2.03. The molecule has 1 heterocycles. The molecule has 6 nitrogen and oxygen atoms in total. The van der Waals surface area contributed by atoms with Crippen molar-refractivity contribution >= 4 is 11.9 Å². The van der Waals surface area contributed by atoms with Crippen molar-refractivity contribution in [2.45, 2.75) is 19.9 Å². The molecule has 1 aromatic rings. The van der Waals surface area contributed by atoms with E-state index in [2.05, 4.69) is 25.7 Å². The first kappa shape index (κ1) is 16.1. The van der Waals surface area contributed by atoms with E-state index in [0.29, 0.717) is 13.0 Å².